The Labute approximate surface area is 377 Å². The molecule has 0 saturated heterocycles. The van der Waals surface area contributed by atoms with Crippen molar-refractivity contribution < 1.29 is 0 Å². The number of rotatable bonds is 6. The van der Waals surface area contributed by atoms with Gasteiger partial charge in [-0.15, -0.1) is 11.3 Å². The first-order chi connectivity index (χ1) is 32.2. The lowest BCUT2D eigenvalue weighted by Crippen LogP contribution is -2.02. The third kappa shape index (κ3) is 5.82. The zero-order valence-corrected chi connectivity index (χ0v) is 35.5. The molecule has 65 heavy (non-hydrogen) atoms. The quantitative estimate of drug-likeness (QED) is 0.167. The van der Waals surface area contributed by atoms with E-state index in [0.29, 0.717) is 23.0 Å². The Morgan fingerprint density at radius 1 is 0.400 bits per heavy atom. The molecule has 0 saturated carbocycles. The van der Waals surface area contributed by atoms with Crippen molar-refractivity contribution in [2.45, 2.75) is 0 Å². The highest BCUT2D eigenvalue weighted by molar-refractivity contribution is 7.25. The number of hydrogen-bond donors (Lipinski definition) is 0. The van der Waals surface area contributed by atoms with Crippen molar-refractivity contribution >= 4 is 75.1 Å². The number of nitriles is 1. The van der Waals surface area contributed by atoms with Crippen LogP contribution in [0.15, 0.2) is 206 Å². The first-order valence-corrected chi connectivity index (χ1v) is 22.4. The Kier molecular flexibility index (Phi) is 8.35. The van der Waals surface area contributed by atoms with Crippen LogP contribution in [0.3, 0.4) is 0 Å². The number of thiophene rings is 1. The van der Waals surface area contributed by atoms with Gasteiger partial charge in [0.1, 0.15) is 6.07 Å². The zero-order valence-electron chi connectivity index (χ0n) is 34.7. The molecule has 0 aliphatic rings. The summed E-state index contributed by atoms with van der Waals surface area (Å²) in [7, 11) is 0. The first kappa shape index (κ1) is 36.9. The topological polar surface area (TPSA) is 72.3 Å². The maximum Gasteiger partial charge on any atom is 0.164 e. The predicted molar refractivity (Wildman–Crippen MR) is 268 cm³/mol. The average molecular weight is 847 g/mol. The second-order valence-corrected chi connectivity index (χ2v) is 17.4. The minimum atomic E-state index is 0.489. The Morgan fingerprint density at radius 3 is 1.80 bits per heavy atom. The van der Waals surface area contributed by atoms with Crippen molar-refractivity contribution in [2.75, 3.05) is 0 Å². The van der Waals surface area contributed by atoms with E-state index < -0.39 is 0 Å². The van der Waals surface area contributed by atoms with E-state index >= 15 is 0 Å². The van der Waals surface area contributed by atoms with Gasteiger partial charge in [-0.3, -0.25) is 0 Å². The Balaban J connectivity index is 1.03. The lowest BCUT2D eigenvalue weighted by molar-refractivity contribution is 1.07. The van der Waals surface area contributed by atoms with Crippen molar-refractivity contribution in [2.24, 2.45) is 0 Å². The molecule has 0 unspecified atom stereocenters. The smallest absolute Gasteiger partial charge is 0.164 e. The van der Waals surface area contributed by atoms with Gasteiger partial charge < -0.3 is 9.13 Å². The SMILES string of the molecule is N#Cc1cc(-c2nc(-c3ccccc3)nc(-c3ccccc3-c3ccccc3)n2)ccc1-n1c2ccccc2c2ccc3c(c4ccccc4n3-c3ccc4sc5ccccc5c4c3)c21. The molecule has 0 bridgehead atoms. The Morgan fingerprint density at radius 2 is 1.02 bits per heavy atom. The molecule has 0 amide bonds. The summed E-state index contributed by atoms with van der Waals surface area (Å²) >= 11 is 1.83. The molecule has 302 valence electrons. The number of hydrogen-bond acceptors (Lipinski definition) is 5. The maximum atomic E-state index is 11.1. The summed E-state index contributed by atoms with van der Waals surface area (Å²) in [5.74, 6) is 1.61. The highest BCUT2D eigenvalue weighted by atomic mass is 32.1. The largest absolute Gasteiger partial charge is 0.309 e. The van der Waals surface area contributed by atoms with Gasteiger partial charge >= 0.3 is 0 Å². The number of para-hydroxylation sites is 2. The third-order valence-corrected chi connectivity index (χ3v) is 13.8. The monoisotopic (exact) mass is 846 g/mol. The zero-order chi connectivity index (χ0) is 43.0. The first-order valence-electron chi connectivity index (χ1n) is 21.6. The van der Waals surface area contributed by atoms with Gasteiger partial charge in [0.25, 0.3) is 0 Å². The van der Waals surface area contributed by atoms with Crippen LogP contribution in [-0.4, -0.2) is 24.1 Å². The van der Waals surface area contributed by atoms with E-state index in [4.69, 9.17) is 15.0 Å². The van der Waals surface area contributed by atoms with Gasteiger partial charge in [0, 0.05) is 64.1 Å². The van der Waals surface area contributed by atoms with E-state index in [1.54, 1.807) is 0 Å². The van der Waals surface area contributed by atoms with Gasteiger partial charge in [0.15, 0.2) is 17.5 Å². The molecule has 4 aromatic heterocycles. The summed E-state index contributed by atoms with van der Waals surface area (Å²) in [5, 5.41) is 18.2. The molecule has 0 radical (unpaired) electrons. The number of fused-ring (bicyclic) bond motifs is 10. The molecule has 4 heterocycles. The fourth-order valence-corrected chi connectivity index (χ4v) is 10.8. The molecule has 0 fully saturated rings. The van der Waals surface area contributed by atoms with Gasteiger partial charge in [-0.25, -0.2) is 15.0 Å². The van der Waals surface area contributed by atoms with Gasteiger partial charge in [-0.1, -0.05) is 146 Å². The normalized spacial score (nSPS) is 11.7. The highest BCUT2D eigenvalue weighted by Gasteiger charge is 2.23. The third-order valence-electron chi connectivity index (χ3n) is 12.6. The molecule has 13 rings (SSSR count). The van der Waals surface area contributed by atoms with Gasteiger partial charge in [-0.05, 0) is 71.8 Å². The molecular weight excluding hydrogens is 813 g/mol. The van der Waals surface area contributed by atoms with Crippen molar-refractivity contribution in [3.8, 4) is 62.7 Å². The predicted octanol–water partition coefficient (Wildman–Crippen LogP) is 15.0. The van der Waals surface area contributed by atoms with Crippen LogP contribution in [0, 0.1) is 11.3 Å². The van der Waals surface area contributed by atoms with Crippen LogP contribution in [-0.2, 0) is 0 Å². The molecule has 0 aliphatic carbocycles. The molecule has 0 spiro atoms. The second-order valence-electron chi connectivity index (χ2n) is 16.3. The fourth-order valence-electron chi connectivity index (χ4n) is 9.74. The summed E-state index contributed by atoms with van der Waals surface area (Å²) < 4.78 is 7.23. The van der Waals surface area contributed by atoms with E-state index in [1.165, 1.54) is 20.2 Å². The Bertz CT molecular complexity index is 4080. The van der Waals surface area contributed by atoms with Crippen LogP contribution < -0.4 is 0 Å². The van der Waals surface area contributed by atoms with Crippen LogP contribution in [0.2, 0.25) is 0 Å². The van der Waals surface area contributed by atoms with Gasteiger partial charge in [0.05, 0.1) is 33.3 Å². The minimum absolute atomic E-state index is 0.489. The van der Waals surface area contributed by atoms with E-state index in [-0.39, 0.29) is 0 Å². The lowest BCUT2D eigenvalue weighted by Gasteiger charge is -2.14. The molecule has 13 aromatic rings. The van der Waals surface area contributed by atoms with Crippen LogP contribution in [0.1, 0.15) is 5.56 Å². The van der Waals surface area contributed by atoms with Crippen molar-refractivity contribution in [1.29, 1.82) is 5.26 Å². The van der Waals surface area contributed by atoms with E-state index in [1.807, 2.05) is 84.1 Å². The average Bonchev–Trinajstić information content (AvgIpc) is 4.04. The van der Waals surface area contributed by atoms with Crippen LogP contribution in [0.4, 0.5) is 0 Å². The maximum absolute atomic E-state index is 11.1. The highest BCUT2D eigenvalue weighted by Crippen LogP contribution is 2.44. The van der Waals surface area contributed by atoms with Crippen molar-refractivity contribution in [3.63, 3.8) is 0 Å². The second kappa shape index (κ2) is 14.7. The molecule has 0 N–H and O–H groups in total. The number of benzene rings is 9. The summed E-state index contributed by atoms with van der Waals surface area (Å²) in [6, 6.07) is 74.3. The van der Waals surface area contributed by atoms with Gasteiger partial charge in [-0.2, -0.15) is 5.26 Å². The standard InChI is InChI=1S/C58H34N6S/c59-35-39-33-38(57-60-56(37-17-5-2-6-18-37)61-58(62-57)45-22-8-7-19-41(45)36-15-3-1-4-16-36)27-30-48(39)64-49-24-12-9-20-42(49)44-29-31-51-54(55(44)64)46-23-10-13-25-50(46)63(51)40-28-32-53-47(34-40)43-21-11-14-26-52(43)65-53/h1-34H. The number of nitrogens with zero attached hydrogens (tertiary/aromatic N) is 6. The van der Waals surface area contributed by atoms with Crippen LogP contribution in [0.5, 0.6) is 0 Å². The lowest BCUT2D eigenvalue weighted by atomic mass is 9.99. The summed E-state index contributed by atoms with van der Waals surface area (Å²) in [6.45, 7) is 0. The van der Waals surface area contributed by atoms with Crippen molar-refractivity contribution in [1.82, 2.24) is 24.1 Å². The summed E-state index contributed by atoms with van der Waals surface area (Å²) in [5.41, 5.74) is 11.3. The molecule has 0 aliphatic heterocycles. The molecular formula is C58H34N6S. The fraction of sp³-hybridized carbons (Fsp3) is 0. The summed E-state index contributed by atoms with van der Waals surface area (Å²) in [4.78, 5) is 15.3. The van der Waals surface area contributed by atoms with E-state index in [2.05, 4.69) is 149 Å². The molecule has 9 aromatic carbocycles. The van der Waals surface area contributed by atoms with E-state index in [9.17, 15) is 5.26 Å². The molecule has 0 atom stereocenters. The van der Waals surface area contributed by atoms with Crippen LogP contribution in [0.25, 0.3) is 120 Å². The minimum Gasteiger partial charge on any atom is -0.309 e. The van der Waals surface area contributed by atoms with Gasteiger partial charge in [0.2, 0.25) is 0 Å². The summed E-state index contributed by atoms with van der Waals surface area (Å²) in [6.07, 6.45) is 0. The Hall–Kier alpha value is -8.70. The molecule has 7 heteroatoms. The number of aromatic nitrogens is 5. The van der Waals surface area contributed by atoms with Crippen molar-refractivity contribution in [3.05, 3.63) is 212 Å². The molecule has 6 nitrogen and oxygen atoms in total. The van der Waals surface area contributed by atoms with Crippen LogP contribution >= 0.6 is 11.3 Å². The van der Waals surface area contributed by atoms with E-state index in [0.717, 1.165) is 82.8 Å².